The number of carbonyl (C=O) groups excluding carboxylic acids is 1. The second-order valence-electron chi connectivity index (χ2n) is 5.54. The summed E-state index contributed by atoms with van der Waals surface area (Å²) >= 11 is 0. The summed E-state index contributed by atoms with van der Waals surface area (Å²) in [4.78, 5) is 22.6. The molecule has 134 valence electrons. The summed E-state index contributed by atoms with van der Waals surface area (Å²) in [5, 5.41) is 11.4. The number of ether oxygens (including phenoxy) is 1. The number of nitro groups is 1. The zero-order valence-electron chi connectivity index (χ0n) is 14.1. The molecule has 0 amide bonds. The molecule has 6 nitrogen and oxygen atoms in total. The number of aryl methyl sites for hydroxylation is 1. The van der Waals surface area contributed by atoms with Crippen molar-refractivity contribution in [3.05, 3.63) is 63.7 Å². The Labute approximate surface area is 152 Å². The van der Waals surface area contributed by atoms with E-state index in [4.69, 9.17) is 10.5 Å². The van der Waals surface area contributed by atoms with Gasteiger partial charge in [0.05, 0.1) is 17.1 Å². The molecule has 25 heavy (non-hydrogen) atoms. The SMILES string of the molecule is CCOC(=O)[C@@H](N)Cc1ccc(-c2ccc(C)cc2)c([N+](=O)[O-])c1.Cl. The second kappa shape index (κ2) is 9.15. The summed E-state index contributed by atoms with van der Waals surface area (Å²) in [5.41, 5.74) is 8.79. The van der Waals surface area contributed by atoms with Crippen LogP contribution in [0.2, 0.25) is 0 Å². The van der Waals surface area contributed by atoms with Crippen LogP contribution < -0.4 is 5.73 Å². The van der Waals surface area contributed by atoms with E-state index in [1.807, 2.05) is 31.2 Å². The number of hydrogen-bond acceptors (Lipinski definition) is 5. The molecule has 2 rings (SSSR count). The molecule has 0 aromatic heterocycles. The van der Waals surface area contributed by atoms with Crippen molar-refractivity contribution in [3.8, 4) is 11.1 Å². The van der Waals surface area contributed by atoms with Gasteiger partial charge in [-0.2, -0.15) is 0 Å². The summed E-state index contributed by atoms with van der Waals surface area (Å²) in [7, 11) is 0. The van der Waals surface area contributed by atoms with Gasteiger partial charge in [0.2, 0.25) is 0 Å². The first-order chi connectivity index (χ1) is 11.4. The first-order valence-electron chi connectivity index (χ1n) is 7.69. The van der Waals surface area contributed by atoms with Crippen LogP contribution in [0.3, 0.4) is 0 Å². The van der Waals surface area contributed by atoms with Crippen molar-refractivity contribution in [2.24, 2.45) is 5.73 Å². The Morgan fingerprint density at radius 3 is 2.44 bits per heavy atom. The van der Waals surface area contributed by atoms with Crippen molar-refractivity contribution in [3.63, 3.8) is 0 Å². The molecule has 0 aliphatic heterocycles. The maximum absolute atomic E-state index is 11.6. The molecule has 2 aromatic rings. The highest BCUT2D eigenvalue weighted by atomic mass is 35.5. The Morgan fingerprint density at radius 1 is 1.24 bits per heavy atom. The molecule has 0 saturated heterocycles. The molecular weight excluding hydrogens is 344 g/mol. The molecule has 1 atom stereocenters. The lowest BCUT2D eigenvalue weighted by atomic mass is 9.98. The number of nitro benzene ring substituents is 1. The fourth-order valence-electron chi connectivity index (χ4n) is 2.42. The zero-order valence-corrected chi connectivity index (χ0v) is 14.9. The largest absolute Gasteiger partial charge is 0.465 e. The Hall–Kier alpha value is -2.44. The van der Waals surface area contributed by atoms with E-state index >= 15 is 0 Å². The highest BCUT2D eigenvalue weighted by molar-refractivity contribution is 5.85. The van der Waals surface area contributed by atoms with Crippen LogP contribution in [0.4, 0.5) is 5.69 Å². The number of carbonyl (C=O) groups is 1. The third kappa shape index (κ3) is 5.27. The average Bonchev–Trinajstić information content (AvgIpc) is 2.55. The zero-order chi connectivity index (χ0) is 17.7. The Bertz CT molecular complexity index is 747. The van der Waals surface area contributed by atoms with E-state index in [-0.39, 0.29) is 31.1 Å². The number of hydrogen-bond donors (Lipinski definition) is 1. The fraction of sp³-hybridized carbons (Fsp3) is 0.278. The molecule has 0 radical (unpaired) electrons. The van der Waals surface area contributed by atoms with Crippen LogP contribution >= 0.6 is 12.4 Å². The van der Waals surface area contributed by atoms with E-state index < -0.39 is 16.9 Å². The van der Waals surface area contributed by atoms with Gasteiger partial charge in [-0.05, 0) is 37.5 Å². The van der Waals surface area contributed by atoms with Crippen LogP contribution in [0, 0.1) is 17.0 Å². The summed E-state index contributed by atoms with van der Waals surface area (Å²) in [5.74, 6) is -0.511. The molecule has 0 aliphatic rings. The van der Waals surface area contributed by atoms with E-state index in [2.05, 4.69) is 0 Å². The van der Waals surface area contributed by atoms with Gasteiger partial charge in [0.25, 0.3) is 5.69 Å². The highest BCUT2D eigenvalue weighted by Crippen LogP contribution is 2.31. The van der Waals surface area contributed by atoms with Crippen LogP contribution in [0.15, 0.2) is 42.5 Å². The van der Waals surface area contributed by atoms with Crippen LogP contribution in [0.5, 0.6) is 0 Å². The van der Waals surface area contributed by atoms with Crippen molar-refractivity contribution in [2.75, 3.05) is 6.61 Å². The highest BCUT2D eigenvalue weighted by Gasteiger charge is 2.20. The van der Waals surface area contributed by atoms with Crippen LogP contribution in [0.25, 0.3) is 11.1 Å². The topological polar surface area (TPSA) is 95.5 Å². The molecule has 2 aromatic carbocycles. The van der Waals surface area contributed by atoms with E-state index in [1.54, 1.807) is 19.1 Å². The Balaban J connectivity index is 0.00000312. The van der Waals surface area contributed by atoms with Gasteiger partial charge >= 0.3 is 5.97 Å². The normalized spacial score (nSPS) is 11.3. The van der Waals surface area contributed by atoms with Gasteiger partial charge in [0.15, 0.2) is 0 Å². The maximum atomic E-state index is 11.6. The average molecular weight is 365 g/mol. The lowest BCUT2D eigenvalue weighted by Crippen LogP contribution is -2.34. The third-order valence-electron chi connectivity index (χ3n) is 3.67. The molecule has 2 N–H and O–H groups in total. The van der Waals surface area contributed by atoms with Gasteiger partial charge in [0.1, 0.15) is 6.04 Å². The lowest BCUT2D eigenvalue weighted by Gasteiger charge is -2.11. The molecule has 7 heteroatoms. The minimum absolute atomic E-state index is 0. The number of rotatable bonds is 6. The third-order valence-corrected chi connectivity index (χ3v) is 3.67. The molecule has 0 aliphatic carbocycles. The summed E-state index contributed by atoms with van der Waals surface area (Å²) < 4.78 is 4.86. The first kappa shape index (κ1) is 20.6. The van der Waals surface area contributed by atoms with Gasteiger partial charge in [-0.1, -0.05) is 35.9 Å². The van der Waals surface area contributed by atoms with Crippen LogP contribution in [0.1, 0.15) is 18.1 Å². The second-order valence-corrected chi connectivity index (χ2v) is 5.54. The van der Waals surface area contributed by atoms with Crippen molar-refractivity contribution < 1.29 is 14.5 Å². The molecule has 0 heterocycles. The van der Waals surface area contributed by atoms with E-state index in [9.17, 15) is 14.9 Å². The predicted molar refractivity (Wildman–Crippen MR) is 98.8 cm³/mol. The predicted octanol–water partition coefficient (Wildman–Crippen LogP) is 3.42. The number of halogens is 1. The molecule has 0 bridgehead atoms. The smallest absolute Gasteiger partial charge is 0.323 e. The Kier molecular flexibility index (Phi) is 7.54. The van der Waals surface area contributed by atoms with Gasteiger partial charge in [-0.15, -0.1) is 12.4 Å². The van der Waals surface area contributed by atoms with Gasteiger partial charge in [-0.3, -0.25) is 14.9 Å². The van der Waals surface area contributed by atoms with Crippen molar-refractivity contribution in [1.29, 1.82) is 0 Å². The Morgan fingerprint density at radius 2 is 1.88 bits per heavy atom. The molecule has 0 unspecified atom stereocenters. The summed E-state index contributed by atoms with van der Waals surface area (Å²) in [6, 6.07) is 11.6. The van der Waals surface area contributed by atoms with Crippen molar-refractivity contribution in [2.45, 2.75) is 26.3 Å². The van der Waals surface area contributed by atoms with Crippen molar-refractivity contribution >= 4 is 24.1 Å². The number of nitrogens with two attached hydrogens (primary N) is 1. The standard InChI is InChI=1S/C18H20N2O4.ClH/c1-3-24-18(21)16(19)10-13-6-9-15(17(11-13)20(22)23)14-7-4-12(2)5-8-14;/h4-9,11,16H,3,10,19H2,1-2H3;1H/t16-;/m0./s1. The number of nitrogens with zero attached hydrogens (tertiary/aromatic N) is 1. The van der Waals surface area contributed by atoms with E-state index in [0.29, 0.717) is 11.1 Å². The van der Waals surface area contributed by atoms with Gasteiger partial charge in [0, 0.05) is 6.07 Å². The molecular formula is C18H21ClN2O4. The summed E-state index contributed by atoms with van der Waals surface area (Å²) in [6.07, 6.45) is 0.188. The molecule has 0 fully saturated rings. The van der Waals surface area contributed by atoms with E-state index in [0.717, 1.165) is 11.1 Å². The quantitative estimate of drug-likeness (QED) is 0.481. The monoisotopic (exact) mass is 364 g/mol. The van der Waals surface area contributed by atoms with Gasteiger partial charge < -0.3 is 10.5 Å². The summed E-state index contributed by atoms with van der Waals surface area (Å²) in [6.45, 7) is 3.91. The molecule has 0 spiro atoms. The van der Waals surface area contributed by atoms with Crippen molar-refractivity contribution in [1.82, 2.24) is 0 Å². The van der Waals surface area contributed by atoms with Gasteiger partial charge in [-0.25, -0.2) is 0 Å². The van der Waals surface area contributed by atoms with Crippen LogP contribution in [-0.4, -0.2) is 23.5 Å². The minimum atomic E-state index is -0.838. The fourth-order valence-corrected chi connectivity index (χ4v) is 2.42. The molecule has 0 saturated carbocycles. The minimum Gasteiger partial charge on any atom is -0.465 e. The maximum Gasteiger partial charge on any atom is 0.323 e. The first-order valence-corrected chi connectivity index (χ1v) is 7.69. The number of esters is 1. The number of benzene rings is 2. The van der Waals surface area contributed by atoms with E-state index in [1.165, 1.54) is 6.07 Å². The lowest BCUT2D eigenvalue weighted by molar-refractivity contribution is -0.384. The van der Waals surface area contributed by atoms with Crippen LogP contribution in [-0.2, 0) is 16.0 Å².